The number of phenolic OH excluding ortho intramolecular Hbond substituents is 1. The number of carbonyl (C=O) groups is 1. The summed E-state index contributed by atoms with van der Waals surface area (Å²) in [5.74, 6) is -0.222. The van der Waals surface area contributed by atoms with E-state index in [9.17, 15) is 9.90 Å². The number of phenols is 1. The number of aromatic hydroxyl groups is 1. The molecule has 4 nitrogen and oxygen atoms in total. The maximum Gasteiger partial charge on any atom is 0.253 e. The lowest BCUT2D eigenvalue weighted by molar-refractivity contribution is -0.125. The predicted octanol–water partition coefficient (Wildman–Crippen LogP) is 2.17. The lowest BCUT2D eigenvalue weighted by Crippen LogP contribution is -2.41. The van der Waals surface area contributed by atoms with Crippen molar-refractivity contribution in [2.45, 2.75) is 0 Å². The van der Waals surface area contributed by atoms with Gasteiger partial charge in [0.25, 0.3) is 5.91 Å². The highest BCUT2D eigenvalue weighted by Crippen LogP contribution is 2.38. The number of morpholine rings is 1. The van der Waals surface area contributed by atoms with Gasteiger partial charge in [0, 0.05) is 11.0 Å². The average molecular weight is 307 g/mol. The number of hydrogen-bond acceptors (Lipinski definition) is 3. The van der Waals surface area contributed by atoms with Crippen LogP contribution in [-0.2, 0) is 9.53 Å². The van der Waals surface area contributed by atoms with Crippen molar-refractivity contribution in [3.63, 3.8) is 0 Å². The van der Waals surface area contributed by atoms with Crippen LogP contribution in [0.2, 0.25) is 5.02 Å². The SMILES string of the molecule is O=C1COCCN1c1c(O)cc(Br)cc1Cl. The molecular weight excluding hydrogens is 297 g/mol. The van der Waals surface area contributed by atoms with Crippen LogP contribution in [0.15, 0.2) is 16.6 Å². The number of ether oxygens (including phenoxy) is 1. The monoisotopic (exact) mass is 305 g/mol. The molecule has 1 aromatic carbocycles. The van der Waals surface area contributed by atoms with E-state index in [1.54, 1.807) is 6.07 Å². The second-order valence-corrected chi connectivity index (χ2v) is 4.68. The Balaban J connectivity index is 2.42. The van der Waals surface area contributed by atoms with E-state index in [0.717, 1.165) is 0 Å². The first-order chi connectivity index (χ1) is 7.59. The van der Waals surface area contributed by atoms with Crippen molar-refractivity contribution in [2.24, 2.45) is 0 Å². The molecule has 0 aliphatic carbocycles. The summed E-state index contributed by atoms with van der Waals surface area (Å²) in [5, 5.41) is 10.1. The van der Waals surface area contributed by atoms with E-state index in [2.05, 4.69) is 15.9 Å². The minimum Gasteiger partial charge on any atom is -0.506 e. The number of anilines is 1. The van der Waals surface area contributed by atoms with Crippen LogP contribution < -0.4 is 4.90 Å². The van der Waals surface area contributed by atoms with E-state index < -0.39 is 0 Å². The molecule has 2 rings (SSSR count). The van der Waals surface area contributed by atoms with E-state index in [4.69, 9.17) is 16.3 Å². The molecule has 1 heterocycles. The molecule has 16 heavy (non-hydrogen) atoms. The zero-order chi connectivity index (χ0) is 11.7. The number of carbonyl (C=O) groups excluding carboxylic acids is 1. The van der Waals surface area contributed by atoms with Crippen LogP contribution in [0.1, 0.15) is 0 Å². The molecule has 0 spiro atoms. The highest BCUT2D eigenvalue weighted by Gasteiger charge is 2.25. The summed E-state index contributed by atoms with van der Waals surface area (Å²) in [4.78, 5) is 13.0. The fourth-order valence-electron chi connectivity index (χ4n) is 1.57. The Hall–Kier alpha value is -0.780. The van der Waals surface area contributed by atoms with Crippen molar-refractivity contribution in [3.8, 4) is 5.75 Å². The standard InChI is InChI=1S/C10H9BrClNO3/c11-6-3-7(12)10(8(14)4-6)13-1-2-16-5-9(13)15/h3-4,14H,1-2,5H2. The third-order valence-electron chi connectivity index (χ3n) is 2.26. The zero-order valence-electron chi connectivity index (χ0n) is 8.24. The number of benzene rings is 1. The first-order valence-corrected chi connectivity index (χ1v) is 5.83. The Morgan fingerprint density at radius 2 is 2.25 bits per heavy atom. The molecule has 1 saturated heterocycles. The molecule has 86 valence electrons. The topological polar surface area (TPSA) is 49.8 Å². The van der Waals surface area contributed by atoms with Crippen molar-refractivity contribution < 1.29 is 14.6 Å². The second-order valence-electron chi connectivity index (χ2n) is 3.35. The van der Waals surface area contributed by atoms with E-state index >= 15 is 0 Å². The van der Waals surface area contributed by atoms with Gasteiger partial charge in [0.2, 0.25) is 0 Å². The Morgan fingerprint density at radius 1 is 1.50 bits per heavy atom. The number of nitrogens with zero attached hydrogens (tertiary/aromatic N) is 1. The lowest BCUT2D eigenvalue weighted by atomic mass is 10.2. The van der Waals surface area contributed by atoms with Gasteiger partial charge in [-0.2, -0.15) is 0 Å². The summed E-state index contributed by atoms with van der Waals surface area (Å²) in [7, 11) is 0. The summed E-state index contributed by atoms with van der Waals surface area (Å²) >= 11 is 9.22. The van der Waals surface area contributed by atoms with Crippen molar-refractivity contribution in [1.29, 1.82) is 0 Å². The number of rotatable bonds is 1. The Kier molecular flexibility index (Phi) is 3.37. The molecule has 1 N–H and O–H groups in total. The lowest BCUT2D eigenvalue weighted by Gasteiger charge is -2.28. The molecule has 0 bridgehead atoms. The largest absolute Gasteiger partial charge is 0.506 e. The third-order valence-corrected chi connectivity index (χ3v) is 3.01. The Labute approximate surface area is 106 Å². The molecule has 1 aliphatic heterocycles. The molecule has 1 fully saturated rings. The zero-order valence-corrected chi connectivity index (χ0v) is 10.6. The van der Waals surface area contributed by atoms with Gasteiger partial charge in [0.05, 0.1) is 11.6 Å². The molecule has 0 atom stereocenters. The first kappa shape index (κ1) is 11.7. The van der Waals surface area contributed by atoms with Gasteiger partial charge in [-0.3, -0.25) is 4.79 Å². The van der Waals surface area contributed by atoms with E-state index in [1.807, 2.05) is 0 Å². The smallest absolute Gasteiger partial charge is 0.253 e. The molecule has 1 aliphatic rings. The van der Waals surface area contributed by atoms with Crippen LogP contribution in [0.4, 0.5) is 5.69 Å². The normalized spacial score (nSPS) is 16.6. The van der Waals surface area contributed by atoms with Crippen molar-refractivity contribution in [3.05, 3.63) is 21.6 Å². The quantitative estimate of drug-likeness (QED) is 0.865. The fourth-order valence-corrected chi connectivity index (χ4v) is 2.47. The van der Waals surface area contributed by atoms with Crippen LogP contribution in [0.25, 0.3) is 0 Å². The van der Waals surface area contributed by atoms with Crippen LogP contribution >= 0.6 is 27.5 Å². The summed E-state index contributed by atoms with van der Waals surface area (Å²) < 4.78 is 5.68. The first-order valence-electron chi connectivity index (χ1n) is 4.65. The van der Waals surface area contributed by atoms with Gasteiger partial charge in [-0.15, -0.1) is 0 Å². The fraction of sp³-hybridized carbons (Fsp3) is 0.300. The van der Waals surface area contributed by atoms with Gasteiger partial charge in [-0.1, -0.05) is 27.5 Å². The number of amides is 1. The Bertz CT molecular complexity index is 415. The molecule has 0 aromatic heterocycles. The molecule has 0 radical (unpaired) electrons. The second kappa shape index (κ2) is 4.61. The summed E-state index contributed by atoms with van der Waals surface area (Å²) in [5.41, 5.74) is 0.346. The van der Waals surface area contributed by atoms with Crippen molar-refractivity contribution in [2.75, 3.05) is 24.7 Å². The molecular formula is C10H9BrClNO3. The van der Waals surface area contributed by atoms with E-state index in [1.165, 1.54) is 11.0 Å². The highest BCUT2D eigenvalue weighted by molar-refractivity contribution is 9.10. The maximum absolute atomic E-state index is 11.6. The maximum atomic E-state index is 11.6. The van der Waals surface area contributed by atoms with Crippen LogP contribution in [0, 0.1) is 0 Å². The minimum absolute atomic E-state index is 0.0189. The molecule has 1 aromatic rings. The minimum atomic E-state index is -0.203. The Morgan fingerprint density at radius 3 is 2.88 bits per heavy atom. The van der Waals surface area contributed by atoms with Gasteiger partial charge < -0.3 is 14.7 Å². The van der Waals surface area contributed by atoms with Crippen LogP contribution in [-0.4, -0.2) is 30.8 Å². The van der Waals surface area contributed by atoms with Gasteiger partial charge in [0.15, 0.2) is 0 Å². The molecule has 0 unspecified atom stereocenters. The van der Waals surface area contributed by atoms with Crippen LogP contribution in [0.5, 0.6) is 5.75 Å². The number of halogens is 2. The van der Waals surface area contributed by atoms with Gasteiger partial charge in [-0.05, 0) is 12.1 Å². The summed E-state index contributed by atoms with van der Waals surface area (Å²) in [6.07, 6.45) is 0. The summed E-state index contributed by atoms with van der Waals surface area (Å²) in [6.45, 7) is 0.858. The van der Waals surface area contributed by atoms with Crippen LogP contribution in [0.3, 0.4) is 0 Å². The molecule has 1 amide bonds. The third kappa shape index (κ3) is 2.16. The van der Waals surface area contributed by atoms with Gasteiger partial charge in [0.1, 0.15) is 18.0 Å². The predicted molar refractivity (Wildman–Crippen MR) is 64.0 cm³/mol. The van der Waals surface area contributed by atoms with E-state index in [-0.39, 0.29) is 18.3 Å². The number of hydrogen-bond donors (Lipinski definition) is 1. The molecule has 6 heteroatoms. The van der Waals surface area contributed by atoms with Crippen molar-refractivity contribution >= 4 is 39.1 Å². The average Bonchev–Trinajstić information content (AvgIpc) is 2.19. The van der Waals surface area contributed by atoms with Gasteiger partial charge in [-0.25, -0.2) is 0 Å². The highest BCUT2D eigenvalue weighted by atomic mass is 79.9. The van der Waals surface area contributed by atoms with Gasteiger partial charge >= 0.3 is 0 Å². The molecule has 0 saturated carbocycles. The van der Waals surface area contributed by atoms with Crippen molar-refractivity contribution in [1.82, 2.24) is 0 Å². The van der Waals surface area contributed by atoms with E-state index in [0.29, 0.717) is 28.3 Å². The summed E-state index contributed by atoms with van der Waals surface area (Å²) in [6, 6.07) is 3.14.